The summed E-state index contributed by atoms with van der Waals surface area (Å²) < 4.78 is 2.93. The molecule has 0 saturated heterocycles. The maximum atomic E-state index is 12.2. The molecule has 0 aliphatic carbocycles. The third-order valence-electron chi connectivity index (χ3n) is 4.17. The fraction of sp³-hybridized carbons (Fsp3) is 0.0455. The van der Waals surface area contributed by atoms with Gasteiger partial charge in [0.2, 0.25) is 0 Å². The summed E-state index contributed by atoms with van der Waals surface area (Å²) >= 11 is 4.75. The number of hydrogen-bond acceptors (Lipinski definition) is 6. The third-order valence-corrected chi connectivity index (χ3v) is 5.63. The van der Waals surface area contributed by atoms with Crippen LogP contribution in [0.4, 0.5) is 0 Å². The molecule has 2 heterocycles. The molecule has 2 aromatic carbocycles. The summed E-state index contributed by atoms with van der Waals surface area (Å²) in [5.74, 6) is 0.615. The van der Waals surface area contributed by atoms with E-state index in [-0.39, 0.29) is 11.7 Å². The van der Waals surface area contributed by atoms with Crippen LogP contribution in [-0.2, 0) is 4.79 Å². The largest absolute Gasteiger partial charge is 0.272 e. The van der Waals surface area contributed by atoms with E-state index in [1.807, 2.05) is 65.2 Å². The molecule has 9 heteroatoms. The topological polar surface area (TPSA) is 85.1 Å². The molecule has 7 nitrogen and oxygen atoms in total. The van der Waals surface area contributed by atoms with Gasteiger partial charge >= 0.3 is 0 Å². The van der Waals surface area contributed by atoms with Crippen molar-refractivity contribution < 1.29 is 4.79 Å². The van der Waals surface area contributed by atoms with Crippen molar-refractivity contribution in [2.75, 3.05) is 5.75 Å². The number of pyridine rings is 1. The maximum absolute atomic E-state index is 12.2. The van der Waals surface area contributed by atoms with E-state index in [2.05, 4.69) is 41.6 Å². The smallest absolute Gasteiger partial charge is 0.250 e. The fourth-order valence-corrected chi connectivity index (χ4v) is 3.76. The van der Waals surface area contributed by atoms with Gasteiger partial charge in [0.1, 0.15) is 0 Å². The zero-order valence-corrected chi connectivity index (χ0v) is 18.6. The summed E-state index contributed by atoms with van der Waals surface area (Å²) in [5.41, 5.74) is 5.18. The molecule has 0 radical (unpaired) electrons. The highest BCUT2D eigenvalue weighted by Gasteiger charge is 2.17. The summed E-state index contributed by atoms with van der Waals surface area (Å²) in [7, 11) is 0. The zero-order valence-electron chi connectivity index (χ0n) is 16.2. The molecule has 31 heavy (non-hydrogen) atoms. The number of halogens is 1. The van der Waals surface area contributed by atoms with Crippen LogP contribution >= 0.6 is 27.7 Å². The molecule has 154 valence electrons. The molecule has 0 aliphatic rings. The van der Waals surface area contributed by atoms with Gasteiger partial charge in [-0.1, -0.05) is 64.1 Å². The number of aromatic nitrogens is 4. The first kappa shape index (κ1) is 21.0. The van der Waals surface area contributed by atoms with E-state index in [0.717, 1.165) is 21.3 Å². The Balaban J connectivity index is 1.51. The normalized spacial score (nSPS) is 11.0. The minimum Gasteiger partial charge on any atom is -0.272 e. The monoisotopic (exact) mass is 492 g/mol. The number of rotatable bonds is 7. The lowest BCUT2D eigenvalue weighted by molar-refractivity contribution is -0.118. The van der Waals surface area contributed by atoms with Crippen molar-refractivity contribution in [3.8, 4) is 17.1 Å². The van der Waals surface area contributed by atoms with Crippen molar-refractivity contribution in [3.05, 3.63) is 89.2 Å². The van der Waals surface area contributed by atoms with Gasteiger partial charge in [0.15, 0.2) is 11.0 Å². The van der Waals surface area contributed by atoms with Gasteiger partial charge in [0, 0.05) is 33.7 Å². The first-order valence-corrected chi connectivity index (χ1v) is 11.1. The number of carbonyl (C=O) groups is 1. The van der Waals surface area contributed by atoms with Gasteiger partial charge in [-0.2, -0.15) is 5.10 Å². The summed E-state index contributed by atoms with van der Waals surface area (Å²) in [6.45, 7) is 0. The van der Waals surface area contributed by atoms with E-state index in [0.29, 0.717) is 11.0 Å². The molecule has 4 rings (SSSR count). The van der Waals surface area contributed by atoms with Gasteiger partial charge in [-0.25, -0.2) is 5.43 Å². The second-order valence-corrected chi connectivity index (χ2v) is 8.21. The number of amides is 1. The zero-order chi connectivity index (χ0) is 21.5. The predicted molar refractivity (Wildman–Crippen MR) is 125 cm³/mol. The fourth-order valence-electron chi connectivity index (χ4n) is 2.75. The van der Waals surface area contributed by atoms with Crippen LogP contribution in [0.1, 0.15) is 5.56 Å². The van der Waals surface area contributed by atoms with E-state index in [9.17, 15) is 4.79 Å². The van der Waals surface area contributed by atoms with Gasteiger partial charge in [0.25, 0.3) is 5.91 Å². The molecule has 0 saturated carbocycles. The lowest BCUT2D eigenvalue weighted by Gasteiger charge is -2.10. The van der Waals surface area contributed by atoms with Gasteiger partial charge < -0.3 is 0 Å². The second-order valence-electron chi connectivity index (χ2n) is 6.35. The molecular weight excluding hydrogens is 476 g/mol. The molecule has 1 N–H and O–H groups in total. The number of nitrogens with zero attached hydrogens (tertiary/aromatic N) is 5. The first-order chi connectivity index (χ1) is 15.2. The lowest BCUT2D eigenvalue weighted by atomic mass is 10.2. The van der Waals surface area contributed by atoms with E-state index in [1.165, 1.54) is 11.8 Å². The molecule has 0 spiro atoms. The Bertz CT molecular complexity index is 1180. The highest BCUT2D eigenvalue weighted by Crippen LogP contribution is 2.28. The Hall–Kier alpha value is -3.30. The maximum Gasteiger partial charge on any atom is 0.250 e. The van der Waals surface area contributed by atoms with Crippen LogP contribution in [0, 0.1) is 0 Å². The van der Waals surface area contributed by atoms with E-state index < -0.39 is 0 Å². The Kier molecular flexibility index (Phi) is 6.85. The van der Waals surface area contributed by atoms with E-state index in [4.69, 9.17) is 0 Å². The predicted octanol–water partition coefficient (Wildman–Crippen LogP) is 4.33. The number of hydrazone groups is 1. The van der Waals surface area contributed by atoms with Crippen molar-refractivity contribution >= 4 is 39.8 Å². The molecule has 0 unspecified atom stereocenters. The average molecular weight is 493 g/mol. The third kappa shape index (κ3) is 5.44. The van der Waals surface area contributed by atoms with Crippen molar-refractivity contribution in [2.24, 2.45) is 5.10 Å². The number of thioether (sulfide) groups is 1. The van der Waals surface area contributed by atoms with Crippen molar-refractivity contribution in [3.63, 3.8) is 0 Å². The molecule has 0 aliphatic heterocycles. The van der Waals surface area contributed by atoms with Crippen molar-refractivity contribution in [1.82, 2.24) is 25.2 Å². The highest BCUT2D eigenvalue weighted by atomic mass is 79.9. The Morgan fingerprint density at radius 1 is 1.06 bits per heavy atom. The molecule has 0 atom stereocenters. The highest BCUT2D eigenvalue weighted by molar-refractivity contribution is 9.10. The Labute approximate surface area is 191 Å². The quantitative estimate of drug-likeness (QED) is 0.235. The van der Waals surface area contributed by atoms with E-state index >= 15 is 0 Å². The minimum absolute atomic E-state index is 0.148. The van der Waals surface area contributed by atoms with Crippen LogP contribution in [0.3, 0.4) is 0 Å². The Morgan fingerprint density at radius 2 is 1.87 bits per heavy atom. The summed E-state index contributed by atoms with van der Waals surface area (Å²) in [6.07, 6.45) is 4.89. The number of hydrogen-bond donors (Lipinski definition) is 1. The van der Waals surface area contributed by atoms with Gasteiger partial charge in [-0.05, 0) is 30.3 Å². The molecule has 0 fully saturated rings. The van der Waals surface area contributed by atoms with Crippen molar-refractivity contribution in [1.29, 1.82) is 0 Å². The molecule has 2 aromatic heterocycles. The van der Waals surface area contributed by atoms with E-state index in [1.54, 1.807) is 24.7 Å². The van der Waals surface area contributed by atoms with Crippen LogP contribution in [0.2, 0.25) is 0 Å². The van der Waals surface area contributed by atoms with Crippen LogP contribution in [-0.4, -0.2) is 37.6 Å². The van der Waals surface area contributed by atoms with Crippen LogP contribution in [0.5, 0.6) is 0 Å². The molecular formula is C22H17BrN6OS. The van der Waals surface area contributed by atoms with Gasteiger partial charge in [-0.15, -0.1) is 10.2 Å². The first-order valence-electron chi connectivity index (χ1n) is 9.32. The van der Waals surface area contributed by atoms with Crippen LogP contribution in [0.15, 0.2) is 93.9 Å². The lowest BCUT2D eigenvalue weighted by Crippen LogP contribution is -2.20. The second kappa shape index (κ2) is 10.1. The number of benzene rings is 2. The molecule has 1 amide bonds. The molecule has 0 bridgehead atoms. The number of para-hydroxylation sites is 1. The van der Waals surface area contributed by atoms with Crippen LogP contribution < -0.4 is 5.43 Å². The van der Waals surface area contributed by atoms with Crippen LogP contribution in [0.25, 0.3) is 17.1 Å². The summed E-state index contributed by atoms with van der Waals surface area (Å²) in [6, 6.07) is 21.3. The summed E-state index contributed by atoms with van der Waals surface area (Å²) in [5, 5.41) is 13.3. The Morgan fingerprint density at radius 3 is 2.61 bits per heavy atom. The minimum atomic E-state index is -0.238. The number of carbonyl (C=O) groups excluding carboxylic acids is 1. The average Bonchev–Trinajstić information content (AvgIpc) is 3.23. The summed E-state index contributed by atoms with van der Waals surface area (Å²) in [4.78, 5) is 16.2. The number of nitrogens with one attached hydrogen (secondary N) is 1. The SMILES string of the molecule is O=C(CSc1nnc(-c2ccc(Br)cc2)n1-c1ccccc1)N/N=C/c1cccnc1. The van der Waals surface area contributed by atoms with Crippen molar-refractivity contribution in [2.45, 2.75) is 5.16 Å². The standard InChI is InChI=1S/C22H17BrN6OS/c23-18-10-8-17(9-11-18)21-27-28-22(29(21)19-6-2-1-3-7-19)31-15-20(30)26-25-14-16-5-4-12-24-13-16/h1-14H,15H2,(H,26,30)/b25-14+. The molecule has 4 aromatic rings. The van der Waals surface area contributed by atoms with Gasteiger partial charge in [-0.3, -0.25) is 14.3 Å². The van der Waals surface area contributed by atoms with Gasteiger partial charge in [0.05, 0.1) is 12.0 Å².